The summed E-state index contributed by atoms with van der Waals surface area (Å²) in [5.41, 5.74) is 0.384. The van der Waals surface area contributed by atoms with Crippen LogP contribution in [0.3, 0.4) is 0 Å². The average Bonchev–Trinajstić information content (AvgIpc) is 1.98. The third-order valence-electron chi connectivity index (χ3n) is 2.30. The van der Waals surface area contributed by atoms with Gasteiger partial charge in [0, 0.05) is 18.0 Å². The van der Waals surface area contributed by atoms with Crippen molar-refractivity contribution in [3.05, 3.63) is 12.7 Å². The van der Waals surface area contributed by atoms with E-state index in [1.54, 1.807) is 0 Å². The second-order valence-electron chi connectivity index (χ2n) is 4.11. The highest BCUT2D eigenvalue weighted by molar-refractivity contribution is 4.85. The highest BCUT2D eigenvalue weighted by atomic mass is 16.5. The maximum absolute atomic E-state index is 5.17. The van der Waals surface area contributed by atoms with Crippen LogP contribution in [0.15, 0.2) is 12.7 Å². The van der Waals surface area contributed by atoms with Crippen LogP contribution in [0.5, 0.6) is 0 Å². The van der Waals surface area contributed by atoms with Crippen molar-refractivity contribution in [2.75, 3.05) is 19.8 Å². The van der Waals surface area contributed by atoms with Crippen molar-refractivity contribution in [3.8, 4) is 0 Å². The lowest BCUT2D eigenvalue weighted by Crippen LogP contribution is -2.49. The average molecular weight is 169 g/mol. The molecule has 0 bridgehead atoms. The van der Waals surface area contributed by atoms with E-state index in [9.17, 15) is 0 Å². The van der Waals surface area contributed by atoms with Crippen molar-refractivity contribution in [2.24, 2.45) is 5.41 Å². The summed E-state index contributed by atoms with van der Waals surface area (Å²) in [5.74, 6) is 0. The Labute approximate surface area is 75.0 Å². The Kier molecular flexibility index (Phi) is 3.29. The van der Waals surface area contributed by atoms with Gasteiger partial charge in [0.05, 0.1) is 13.2 Å². The maximum atomic E-state index is 5.17. The van der Waals surface area contributed by atoms with Crippen LogP contribution in [-0.4, -0.2) is 25.8 Å². The van der Waals surface area contributed by atoms with Crippen LogP contribution in [0.2, 0.25) is 0 Å². The molecule has 1 atom stereocenters. The fourth-order valence-electron chi connectivity index (χ4n) is 1.31. The predicted octanol–water partition coefficient (Wildman–Crippen LogP) is 1.58. The van der Waals surface area contributed by atoms with E-state index in [-0.39, 0.29) is 0 Å². The number of nitrogens with one attached hydrogen (secondary N) is 1. The molecule has 2 nitrogen and oxygen atoms in total. The molecular weight excluding hydrogens is 150 g/mol. The molecular formula is C10H19NO. The van der Waals surface area contributed by atoms with E-state index in [4.69, 9.17) is 4.74 Å². The Bertz CT molecular complexity index is 152. The quantitative estimate of drug-likeness (QED) is 0.631. The van der Waals surface area contributed by atoms with Gasteiger partial charge in [-0.3, -0.25) is 0 Å². The molecule has 1 unspecified atom stereocenters. The highest BCUT2D eigenvalue weighted by Gasteiger charge is 2.32. The summed E-state index contributed by atoms with van der Waals surface area (Å²) in [6.07, 6.45) is 2.99. The normalized spacial score (nSPS) is 22.8. The summed E-state index contributed by atoms with van der Waals surface area (Å²) in [6, 6.07) is 0.542. The Morgan fingerprint density at radius 3 is 2.75 bits per heavy atom. The van der Waals surface area contributed by atoms with Gasteiger partial charge in [0.2, 0.25) is 0 Å². The van der Waals surface area contributed by atoms with Crippen molar-refractivity contribution in [2.45, 2.75) is 26.3 Å². The fraction of sp³-hybridized carbons (Fsp3) is 0.800. The van der Waals surface area contributed by atoms with Gasteiger partial charge in [-0.2, -0.15) is 0 Å². The van der Waals surface area contributed by atoms with Crippen LogP contribution < -0.4 is 5.32 Å². The molecule has 12 heavy (non-hydrogen) atoms. The van der Waals surface area contributed by atoms with Crippen LogP contribution in [0.1, 0.15) is 20.3 Å². The lowest BCUT2D eigenvalue weighted by molar-refractivity contribution is -0.0998. The molecule has 0 saturated carbocycles. The standard InChI is InChI=1S/C10H19NO/c1-4-5-9(2)11-6-10(3)7-12-8-10/h4,9,11H,1,5-8H2,2-3H3. The first-order valence-electron chi connectivity index (χ1n) is 4.58. The molecule has 1 aliphatic heterocycles. The van der Waals surface area contributed by atoms with Crippen LogP contribution in [0.4, 0.5) is 0 Å². The molecule has 1 heterocycles. The molecule has 0 aliphatic carbocycles. The SMILES string of the molecule is C=CCC(C)NCC1(C)COC1. The molecule has 0 aromatic rings. The molecule has 1 fully saturated rings. The smallest absolute Gasteiger partial charge is 0.0554 e. The molecule has 1 saturated heterocycles. The van der Waals surface area contributed by atoms with Gasteiger partial charge < -0.3 is 10.1 Å². The number of hydrogen-bond acceptors (Lipinski definition) is 2. The summed E-state index contributed by atoms with van der Waals surface area (Å²) in [7, 11) is 0. The molecule has 1 rings (SSSR count). The zero-order chi connectivity index (χ0) is 9.03. The van der Waals surface area contributed by atoms with Crippen LogP contribution in [0, 0.1) is 5.41 Å². The molecule has 0 radical (unpaired) electrons. The summed E-state index contributed by atoms with van der Waals surface area (Å²) >= 11 is 0. The zero-order valence-electron chi connectivity index (χ0n) is 8.10. The van der Waals surface area contributed by atoms with E-state index in [1.807, 2.05) is 6.08 Å². The minimum Gasteiger partial charge on any atom is -0.380 e. The van der Waals surface area contributed by atoms with Gasteiger partial charge in [-0.15, -0.1) is 6.58 Å². The molecule has 0 spiro atoms. The van der Waals surface area contributed by atoms with Crippen molar-refractivity contribution in [3.63, 3.8) is 0 Å². The highest BCUT2D eigenvalue weighted by Crippen LogP contribution is 2.25. The second-order valence-corrected chi connectivity index (χ2v) is 4.11. The molecule has 1 N–H and O–H groups in total. The third kappa shape index (κ3) is 2.61. The van der Waals surface area contributed by atoms with E-state index < -0.39 is 0 Å². The van der Waals surface area contributed by atoms with Gasteiger partial charge in [-0.1, -0.05) is 13.0 Å². The molecule has 0 amide bonds. The minimum absolute atomic E-state index is 0.384. The van der Waals surface area contributed by atoms with Gasteiger partial charge >= 0.3 is 0 Å². The minimum atomic E-state index is 0.384. The summed E-state index contributed by atoms with van der Waals surface area (Å²) in [4.78, 5) is 0. The first-order valence-corrected chi connectivity index (χ1v) is 4.58. The van der Waals surface area contributed by atoms with Crippen molar-refractivity contribution in [1.29, 1.82) is 0 Å². The van der Waals surface area contributed by atoms with E-state index >= 15 is 0 Å². The maximum Gasteiger partial charge on any atom is 0.0554 e. The molecule has 70 valence electrons. The number of hydrogen-bond donors (Lipinski definition) is 1. The molecule has 1 aliphatic rings. The second kappa shape index (κ2) is 4.06. The Hall–Kier alpha value is -0.340. The number of ether oxygens (including phenoxy) is 1. The topological polar surface area (TPSA) is 21.3 Å². The first kappa shape index (κ1) is 9.75. The van der Waals surface area contributed by atoms with E-state index in [0.717, 1.165) is 26.2 Å². The molecule has 0 aromatic heterocycles. The van der Waals surface area contributed by atoms with Crippen LogP contribution in [-0.2, 0) is 4.74 Å². The number of rotatable bonds is 5. The van der Waals surface area contributed by atoms with Crippen LogP contribution in [0.25, 0.3) is 0 Å². The lowest BCUT2D eigenvalue weighted by atomic mass is 9.88. The fourth-order valence-corrected chi connectivity index (χ4v) is 1.31. The van der Waals surface area contributed by atoms with E-state index in [0.29, 0.717) is 11.5 Å². The van der Waals surface area contributed by atoms with Gasteiger partial charge in [0.25, 0.3) is 0 Å². The molecule has 0 aromatic carbocycles. The van der Waals surface area contributed by atoms with Gasteiger partial charge in [0.15, 0.2) is 0 Å². The van der Waals surface area contributed by atoms with Crippen molar-refractivity contribution >= 4 is 0 Å². The molecule has 2 heteroatoms. The summed E-state index contributed by atoms with van der Waals surface area (Å²) in [5, 5.41) is 3.47. The summed E-state index contributed by atoms with van der Waals surface area (Å²) in [6.45, 7) is 11.0. The Morgan fingerprint density at radius 2 is 2.33 bits per heavy atom. The van der Waals surface area contributed by atoms with E-state index in [1.165, 1.54) is 0 Å². The van der Waals surface area contributed by atoms with Gasteiger partial charge in [-0.25, -0.2) is 0 Å². The Balaban J connectivity index is 2.11. The van der Waals surface area contributed by atoms with Crippen molar-refractivity contribution in [1.82, 2.24) is 5.32 Å². The van der Waals surface area contributed by atoms with Crippen LogP contribution >= 0.6 is 0 Å². The Morgan fingerprint density at radius 1 is 1.67 bits per heavy atom. The predicted molar refractivity (Wildman–Crippen MR) is 51.2 cm³/mol. The van der Waals surface area contributed by atoms with Crippen molar-refractivity contribution < 1.29 is 4.74 Å². The zero-order valence-corrected chi connectivity index (χ0v) is 8.10. The lowest BCUT2D eigenvalue weighted by Gasteiger charge is -2.39. The van der Waals surface area contributed by atoms with Gasteiger partial charge in [-0.05, 0) is 13.3 Å². The van der Waals surface area contributed by atoms with E-state index in [2.05, 4.69) is 25.7 Å². The largest absolute Gasteiger partial charge is 0.380 e. The monoisotopic (exact) mass is 169 g/mol. The first-order chi connectivity index (χ1) is 5.66. The third-order valence-corrected chi connectivity index (χ3v) is 2.30. The summed E-state index contributed by atoms with van der Waals surface area (Å²) < 4.78 is 5.17. The van der Waals surface area contributed by atoms with Gasteiger partial charge in [0.1, 0.15) is 0 Å².